The number of hydrogen-bond donors (Lipinski definition) is 2. The first kappa shape index (κ1) is 25.4. The Kier molecular flexibility index (Phi) is 7.36. The lowest BCUT2D eigenvalue weighted by molar-refractivity contribution is 0.122. The molecule has 0 amide bonds. The summed E-state index contributed by atoms with van der Waals surface area (Å²) in [4.78, 5) is 16.5. The Morgan fingerprint density at radius 2 is 1.55 bits per heavy atom. The molecule has 11 nitrogen and oxygen atoms in total. The van der Waals surface area contributed by atoms with E-state index in [1.54, 1.807) is 27.7 Å². The zero-order chi connectivity index (χ0) is 26.6. The lowest BCUT2D eigenvalue weighted by atomic mass is 10.2. The number of ether oxygens (including phenoxy) is 4. The smallest absolute Gasteiger partial charge is 0.231 e. The summed E-state index contributed by atoms with van der Waals surface area (Å²) in [5.74, 6) is 2.57. The van der Waals surface area contributed by atoms with Gasteiger partial charge in [-0.1, -0.05) is 0 Å². The average molecular weight is 520 g/mol. The number of fused-ring (bicyclic) bond motifs is 1. The molecule has 0 spiro atoms. The van der Waals surface area contributed by atoms with Crippen LogP contribution in [0.4, 0.5) is 28.8 Å². The molecule has 1 aliphatic rings. The third-order valence-corrected chi connectivity index (χ3v) is 6.40. The summed E-state index contributed by atoms with van der Waals surface area (Å²) in [6.07, 6.45) is 1.79. The molecule has 4 aromatic rings. The fourth-order valence-corrected chi connectivity index (χ4v) is 4.43. The second-order valence-electron chi connectivity index (χ2n) is 9.12. The van der Waals surface area contributed by atoms with Gasteiger partial charge >= 0.3 is 0 Å². The molecule has 1 saturated heterocycles. The third kappa shape index (κ3) is 5.10. The van der Waals surface area contributed by atoms with Crippen LogP contribution in [0.1, 0.15) is 19.9 Å². The van der Waals surface area contributed by atoms with Crippen molar-refractivity contribution in [1.82, 2.24) is 19.5 Å². The first-order valence-corrected chi connectivity index (χ1v) is 12.5. The van der Waals surface area contributed by atoms with Gasteiger partial charge in [0.1, 0.15) is 0 Å². The van der Waals surface area contributed by atoms with Gasteiger partial charge in [0.05, 0.1) is 40.9 Å². The van der Waals surface area contributed by atoms with Crippen LogP contribution in [0, 0.1) is 0 Å². The molecule has 0 unspecified atom stereocenters. The molecular weight excluding hydrogens is 486 g/mol. The maximum Gasteiger partial charge on any atom is 0.231 e. The van der Waals surface area contributed by atoms with Crippen LogP contribution in [-0.4, -0.2) is 67.2 Å². The van der Waals surface area contributed by atoms with Gasteiger partial charge < -0.3 is 39.0 Å². The second kappa shape index (κ2) is 11.0. The number of imidazole rings is 1. The number of morpholine rings is 1. The standard InChI is InChI=1S/C27H33N7O4/c1-17(2)34-16-28-23-25(29-18-6-8-20(9-7-18)33-10-12-38-13-11-33)31-27(32-26(23)34)30-19-14-21(35-3)24(37-5)22(15-19)36-4/h6-9,14-17H,10-13H2,1-5H3,(H2,29,30,31,32). The molecule has 5 rings (SSSR count). The van der Waals surface area contributed by atoms with E-state index in [4.69, 9.17) is 28.9 Å². The van der Waals surface area contributed by atoms with E-state index in [0.717, 1.165) is 37.6 Å². The highest BCUT2D eigenvalue weighted by Gasteiger charge is 2.18. The maximum absolute atomic E-state index is 5.50. The van der Waals surface area contributed by atoms with Gasteiger partial charge in [-0.05, 0) is 38.1 Å². The Bertz CT molecular complexity index is 1370. The molecule has 1 fully saturated rings. The predicted molar refractivity (Wildman–Crippen MR) is 148 cm³/mol. The van der Waals surface area contributed by atoms with Gasteiger partial charge in [0.2, 0.25) is 11.7 Å². The summed E-state index contributed by atoms with van der Waals surface area (Å²) in [5, 5.41) is 6.73. The van der Waals surface area contributed by atoms with Gasteiger partial charge in [0, 0.05) is 48.3 Å². The van der Waals surface area contributed by atoms with Gasteiger partial charge in [0.15, 0.2) is 28.5 Å². The zero-order valence-electron chi connectivity index (χ0n) is 22.3. The Morgan fingerprint density at radius 1 is 0.868 bits per heavy atom. The van der Waals surface area contributed by atoms with E-state index in [-0.39, 0.29) is 6.04 Å². The normalized spacial score (nSPS) is 13.6. The summed E-state index contributed by atoms with van der Waals surface area (Å²) < 4.78 is 23.9. The summed E-state index contributed by atoms with van der Waals surface area (Å²) in [6, 6.07) is 12.1. The van der Waals surface area contributed by atoms with Crippen molar-refractivity contribution in [2.24, 2.45) is 0 Å². The van der Waals surface area contributed by atoms with Crippen LogP contribution in [0.5, 0.6) is 17.2 Å². The Hall–Kier alpha value is -4.25. The van der Waals surface area contributed by atoms with E-state index in [1.165, 1.54) is 5.69 Å². The molecule has 11 heteroatoms. The number of rotatable bonds is 9. The molecular formula is C27H33N7O4. The quantitative estimate of drug-likeness (QED) is 0.321. The van der Waals surface area contributed by atoms with Crippen LogP contribution < -0.4 is 29.7 Å². The van der Waals surface area contributed by atoms with Crippen molar-refractivity contribution in [2.45, 2.75) is 19.9 Å². The molecule has 0 atom stereocenters. The van der Waals surface area contributed by atoms with E-state index < -0.39 is 0 Å². The fourth-order valence-electron chi connectivity index (χ4n) is 4.43. The third-order valence-electron chi connectivity index (χ3n) is 6.40. The SMILES string of the molecule is COc1cc(Nc2nc(Nc3ccc(N4CCOCC4)cc3)c3ncn(C(C)C)c3n2)cc(OC)c1OC. The fraction of sp³-hybridized carbons (Fsp3) is 0.370. The highest BCUT2D eigenvalue weighted by Crippen LogP contribution is 2.40. The summed E-state index contributed by atoms with van der Waals surface area (Å²) in [5.41, 5.74) is 4.17. The number of anilines is 5. The number of benzene rings is 2. The number of hydrogen-bond acceptors (Lipinski definition) is 10. The highest BCUT2D eigenvalue weighted by atomic mass is 16.5. The molecule has 200 valence electrons. The first-order chi connectivity index (χ1) is 18.5. The molecule has 1 aliphatic heterocycles. The molecule has 0 saturated carbocycles. The lowest BCUT2D eigenvalue weighted by Gasteiger charge is -2.28. The van der Waals surface area contributed by atoms with Crippen LogP contribution in [-0.2, 0) is 4.74 Å². The number of methoxy groups -OCH3 is 3. The minimum absolute atomic E-state index is 0.171. The van der Waals surface area contributed by atoms with E-state index in [1.807, 2.05) is 28.8 Å². The molecule has 0 bridgehead atoms. The summed E-state index contributed by atoms with van der Waals surface area (Å²) in [6.45, 7) is 7.46. The summed E-state index contributed by atoms with van der Waals surface area (Å²) >= 11 is 0. The molecule has 0 aliphatic carbocycles. The van der Waals surface area contributed by atoms with Crippen molar-refractivity contribution < 1.29 is 18.9 Å². The number of nitrogens with zero attached hydrogens (tertiary/aromatic N) is 5. The van der Waals surface area contributed by atoms with Gasteiger partial charge in [-0.15, -0.1) is 0 Å². The molecule has 2 aromatic carbocycles. The minimum atomic E-state index is 0.171. The maximum atomic E-state index is 5.50. The molecule has 38 heavy (non-hydrogen) atoms. The van der Waals surface area contributed by atoms with E-state index in [2.05, 4.69) is 46.5 Å². The minimum Gasteiger partial charge on any atom is -0.493 e. The Labute approximate surface area is 221 Å². The van der Waals surface area contributed by atoms with Crippen molar-refractivity contribution in [3.05, 3.63) is 42.7 Å². The largest absolute Gasteiger partial charge is 0.493 e. The van der Waals surface area contributed by atoms with E-state index in [0.29, 0.717) is 40.2 Å². The summed E-state index contributed by atoms with van der Waals surface area (Å²) in [7, 11) is 4.73. The highest BCUT2D eigenvalue weighted by molar-refractivity contribution is 5.87. The Morgan fingerprint density at radius 3 is 2.16 bits per heavy atom. The van der Waals surface area contributed by atoms with Gasteiger partial charge in [-0.2, -0.15) is 9.97 Å². The molecule has 0 radical (unpaired) electrons. The predicted octanol–water partition coefficient (Wildman–Crippen LogP) is 4.76. The van der Waals surface area contributed by atoms with E-state index >= 15 is 0 Å². The Balaban J connectivity index is 1.49. The number of aromatic nitrogens is 4. The van der Waals surface area contributed by atoms with Crippen LogP contribution in [0.3, 0.4) is 0 Å². The van der Waals surface area contributed by atoms with E-state index in [9.17, 15) is 0 Å². The van der Waals surface area contributed by atoms with Crippen LogP contribution in [0.15, 0.2) is 42.7 Å². The van der Waals surface area contributed by atoms with Crippen molar-refractivity contribution in [3.63, 3.8) is 0 Å². The van der Waals surface area contributed by atoms with Crippen LogP contribution in [0.25, 0.3) is 11.2 Å². The van der Waals surface area contributed by atoms with Gasteiger partial charge in [0.25, 0.3) is 0 Å². The van der Waals surface area contributed by atoms with Crippen molar-refractivity contribution in [2.75, 3.05) is 63.2 Å². The monoisotopic (exact) mass is 519 g/mol. The van der Waals surface area contributed by atoms with Crippen molar-refractivity contribution in [1.29, 1.82) is 0 Å². The topological polar surface area (TPSA) is 108 Å². The van der Waals surface area contributed by atoms with Crippen molar-refractivity contribution in [3.8, 4) is 17.2 Å². The lowest BCUT2D eigenvalue weighted by Crippen LogP contribution is -2.36. The molecule has 3 heterocycles. The molecule has 2 aromatic heterocycles. The second-order valence-corrected chi connectivity index (χ2v) is 9.12. The first-order valence-electron chi connectivity index (χ1n) is 12.5. The molecule has 2 N–H and O–H groups in total. The average Bonchev–Trinajstić information content (AvgIpc) is 3.38. The van der Waals surface area contributed by atoms with Gasteiger partial charge in [-0.25, -0.2) is 4.98 Å². The zero-order valence-corrected chi connectivity index (χ0v) is 22.3. The number of nitrogens with one attached hydrogen (secondary N) is 2. The van der Waals surface area contributed by atoms with Crippen LogP contribution in [0.2, 0.25) is 0 Å². The van der Waals surface area contributed by atoms with Gasteiger partial charge in [-0.3, -0.25) is 0 Å². The van der Waals surface area contributed by atoms with Crippen LogP contribution >= 0.6 is 0 Å². The van der Waals surface area contributed by atoms with Crippen molar-refractivity contribution >= 4 is 40.0 Å².